The van der Waals surface area contributed by atoms with E-state index in [0.29, 0.717) is 17.0 Å². The molecule has 1 fully saturated rings. The van der Waals surface area contributed by atoms with Crippen molar-refractivity contribution in [3.63, 3.8) is 0 Å². The van der Waals surface area contributed by atoms with Gasteiger partial charge in [0.15, 0.2) is 5.65 Å². The molecule has 19 heavy (non-hydrogen) atoms. The smallest absolute Gasteiger partial charge is 0.243 e. The molecule has 3 heterocycles. The molecule has 1 unspecified atom stereocenters. The average molecular weight is 280 g/mol. The number of hydrogen-bond donors (Lipinski definition) is 1. The molecule has 102 valence electrons. The molecule has 0 aliphatic carbocycles. The fourth-order valence-corrected chi connectivity index (χ4v) is 2.69. The molecule has 1 aliphatic rings. The predicted octanol–water partition coefficient (Wildman–Crippen LogP) is 2.28. The highest BCUT2D eigenvalue weighted by atomic mass is 35.5. The largest absolute Gasteiger partial charge is 0.349 e. The molecule has 1 aliphatic heterocycles. The van der Waals surface area contributed by atoms with Crippen LogP contribution in [0.1, 0.15) is 19.8 Å². The van der Waals surface area contributed by atoms with E-state index >= 15 is 0 Å². The van der Waals surface area contributed by atoms with E-state index in [9.17, 15) is 0 Å². The van der Waals surface area contributed by atoms with E-state index in [1.54, 1.807) is 10.7 Å². The van der Waals surface area contributed by atoms with Gasteiger partial charge >= 0.3 is 0 Å². The minimum atomic E-state index is 0.339. The van der Waals surface area contributed by atoms with Gasteiger partial charge in [-0.1, -0.05) is 11.6 Å². The van der Waals surface area contributed by atoms with Crippen molar-refractivity contribution in [2.45, 2.75) is 25.8 Å². The lowest BCUT2D eigenvalue weighted by Gasteiger charge is -2.20. The number of aromatic nitrogens is 3. The molecule has 6 heteroatoms. The topological polar surface area (TPSA) is 45.5 Å². The molecule has 0 spiro atoms. The summed E-state index contributed by atoms with van der Waals surface area (Å²) in [7, 11) is 0. The zero-order valence-corrected chi connectivity index (χ0v) is 11.8. The van der Waals surface area contributed by atoms with E-state index in [4.69, 9.17) is 11.6 Å². The third kappa shape index (κ3) is 2.98. The summed E-state index contributed by atoms with van der Waals surface area (Å²) < 4.78 is 1.70. The van der Waals surface area contributed by atoms with E-state index < -0.39 is 0 Å². The maximum atomic E-state index is 5.93. The van der Waals surface area contributed by atoms with Crippen molar-refractivity contribution in [1.29, 1.82) is 0 Å². The highest BCUT2D eigenvalue weighted by molar-refractivity contribution is 6.30. The molecule has 0 saturated carbocycles. The standard InChI is InChI=1S/C13H18ClN5/c1-10(8-18-6-2-3-7-18)15-13-16-12-5-4-11(14)9-19(12)17-13/h4-5,9-10H,2-3,6-8H2,1H3,(H,15,17). The van der Waals surface area contributed by atoms with Gasteiger partial charge in [-0.3, -0.25) is 0 Å². The Labute approximate surface area is 117 Å². The van der Waals surface area contributed by atoms with Crippen molar-refractivity contribution in [3.05, 3.63) is 23.4 Å². The van der Waals surface area contributed by atoms with Gasteiger partial charge in [0, 0.05) is 18.8 Å². The zero-order chi connectivity index (χ0) is 13.2. The van der Waals surface area contributed by atoms with Crippen molar-refractivity contribution in [3.8, 4) is 0 Å². The Morgan fingerprint density at radius 2 is 2.16 bits per heavy atom. The SMILES string of the molecule is CC(CN1CCCC1)Nc1nc2ccc(Cl)cn2n1. The van der Waals surface area contributed by atoms with Crippen LogP contribution in [0.3, 0.4) is 0 Å². The second kappa shape index (κ2) is 5.35. The van der Waals surface area contributed by atoms with Crippen LogP contribution in [-0.2, 0) is 0 Å². The fraction of sp³-hybridized carbons (Fsp3) is 0.538. The van der Waals surface area contributed by atoms with Crippen LogP contribution >= 0.6 is 11.6 Å². The van der Waals surface area contributed by atoms with Crippen molar-refractivity contribution in [2.75, 3.05) is 25.0 Å². The second-order valence-electron chi connectivity index (χ2n) is 5.14. The molecule has 1 saturated heterocycles. The first-order valence-electron chi connectivity index (χ1n) is 6.71. The van der Waals surface area contributed by atoms with Crippen molar-refractivity contribution in [2.24, 2.45) is 0 Å². The Bertz CT molecular complexity index is 561. The van der Waals surface area contributed by atoms with E-state index in [1.807, 2.05) is 12.1 Å². The Morgan fingerprint density at radius 3 is 2.95 bits per heavy atom. The summed E-state index contributed by atoms with van der Waals surface area (Å²) in [5.74, 6) is 0.661. The summed E-state index contributed by atoms with van der Waals surface area (Å²) in [5.41, 5.74) is 0.806. The molecule has 5 nitrogen and oxygen atoms in total. The van der Waals surface area contributed by atoms with Crippen LogP contribution in [-0.4, -0.2) is 45.2 Å². The molecule has 1 atom stereocenters. The monoisotopic (exact) mass is 279 g/mol. The first-order chi connectivity index (χ1) is 9.20. The first kappa shape index (κ1) is 12.7. The molecule has 0 radical (unpaired) electrons. The number of pyridine rings is 1. The lowest BCUT2D eigenvalue weighted by Crippen LogP contribution is -2.33. The zero-order valence-electron chi connectivity index (χ0n) is 11.0. The number of nitrogens with one attached hydrogen (secondary N) is 1. The minimum Gasteiger partial charge on any atom is -0.349 e. The van der Waals surface area contributed by atoms with Crippen molar-refractivity contribution >= 4 is 23.2 Å². The number of anilines is 1. The van der Waals surface area contributed by atoms with Gasteiger partial charge in [-0.05, 0) is 45.0 Å². The van der Waals surface area contributed by atoms with Gasteiger partial charge in [-0.15, -0.1) is 5.10 Å². The summed E-state index contributed by atoms with van der Waals surface area (Å²) in [6.07, 6.45) is 4.40. The molecule has 2 aromatic rings. The summed E-state index contributed by atoms with van der Waals surface area (Å²) in [5, 5.41) is 8.39. The summed E-state index contributed by atoms with van der Waals surface area (Å²) in [4.78, 5) is 6.91. The Balaban J connectivity index is 1.66. The van der Waals surface area contributed by atoms with Crippen LogP contribution in [0.25, 0.3) is 5.65 Å². The Hall–Kier alpha value is -1.33. The number of halogens is 1. The molecule has 0 bridgehead atoms. The van der Waals surface area contributed by atoms with Crippen LogP contribution < -0.4 is 5.32 Å². The van der Waals surface area contributed by atoms with Gasteiger partial charge in [-0.2, -0.15) is 4.98 Å². The molecule has 2 aromatic heterocycles. The van der Waals surface area contributed by atoms with Crippen LogP contribution in [0.4, 0.5) is 5.95 Å². The van der Waals surface area contributed by atoms with Gasteiger partial charge in [0.2, 0.25) is 5.95 Å². The van der Waals surface area contributed by atoms with Gasteiger partial charge in [0.05, 0.1) is 5.02 Å². The highest BCUT2D eigenvalue weighted by Gasteiger charge is 2.15. The molecular formula is C13H18ClN5. The maximum absolute atomic E-state index is 5.93. The van der Waals surface area contributed by atoms with Gasteiger partial charge < -0.3 is 10.2 Å². The number of rotatable bonds is 4. The quantitative estimate of drug-likeness (QED) is 0.933. The Morgan fingerprint density at radius 1 is 1.37 bits per heavy atom. The lowest BCUT2D eigenvalue weighted by atomic mass is 10.3. The van der Waals surface area contributed by atoms with Crippen LogP contribution in [0.5, 0.6) is 0 Å². The van der Waals surface area contributed by atoms with E-state index in [0.717, 1.165) is 12.2 Å². The third-order valence-corrected chi connectivity index (χ3v) is 3.62. The number of fused-ring (bicyclic) bond motifs is 1. The minimum absolute atomic E-state index is 0.339. The van der Waals surface area contributed by atoms with E-state index in [-0.39, 0.29) is 0 Å². The first-order valence-corrected chi connectivity index (χ1v) is 7.09. The molecular weight excluding hydrogens is 262 g/mol. The van der Waals surface area contributed by atoms with Crippen molar-refractivity contribution in [1.82, 2.24) is 19.5 Å². The van der Waals surface area contributed by atoms with Gasteiger partial charge in [0.25, 0.3) is 0 Å². The highest BCUT2D eigenvalue weighted by Crippen LogP contribution is 2.13. The van der Waals surface area contributed by atoms with Gasteiger partial charge in [0.1, 0.15) is 0 Å². The van der Waals surface area contributed by atoms with Crippen LogP contribution in [0, 0.1) is 0 Å². The third-order valence-electron chi connectivity index (χ3n) is 3.40. The normalized spacial score (nSPS) is 18.0. The lowest BCUT2D eigenvalue weighted by molar-refractivity contribution is 0.327. The molecule has 3 rings (SSSR count). The molecule has 0 aromatic carbocycles. The number of likely N-dealkylation sites (tertiary alicyclic amines) is 1. The van der Waals surface area contributed by atoms with E-state index in [1.165, 1.54) is 25.9 Å². The Kier molecular flexibility index (Phi) is 3.57. The van der Waals surface area contributed by atoms with E-state index in [2.05, 4.69) is 27.2 Å². The average Bonchev–Trinajstić information content (AvgIpc) is 2.97. The van der Waals surface area contributed by atoms with Crippen LogP contribution in [0.2, 0.25) is 5.02 Å². The number of hydrogen-bond acceptors (Lipinski definition) is 4. The summed E-state index contributed by atoms with van der Waals surface area (Å²) in [6, 6.07) is 4.03. The fourth-order valence-electron chi connectivity index (χ4n) is 2.54. The van der Waals surface area contributed by atoms with Crippen molar-refractivity contribution < 1.29 is 0 Å². The number of nitrogens with zero attached hydrogens (tertiary/aromatic N) is 4. The predicted molar refractivity (Wildman–Crippen MR) is 76.8 cm³/mol. The van der Waals surface area contributed by atoms with Crippen LogP contribution in [0.15, 0.2) is 18.3 Å². The molecule has 0 amide bonds. The summed E-state index contributed by atoms with van der Waals surface area (Å²) in [6.45, 7) is 5.62. The summed E-state index contributed by atoms with van der Waals surface area (Å²) >= 11 is 5.93. The maximum Gasteiger partial charge on any atom is 0.243 e. The molecule has 1 N–H and O–H groups in total. The van der Waals surface area contributed by atoms with Gasteiger partial charge in [-0.25, -0.2) is 4.52 Å². The second-order valence-corrected chi connectivity index (χ2v) is 5.58.